The molecule has 0 radical (unpaired) electrons. The quantitative estimate of drug-likeness (QED) is 0.288. The van der Waals surface area contributed by atoms with E-state index in [0.29, 0.717) is 5.69 Å². The minimum absolute atomic E-state index is 0.0567. The smallest absolute Gasteiger partial charge is 0.264 e. The lowest BCUT2D eigenvalue weighted by molar-refractivity contribution is -0.139. The van der Waals surface area contributed by atoms with Gasteiger partial charge in [-0.2, -0.15) is 0 Å². The molecule has 0 spiro atoms. The molecular weight excluding hydrogens is 534 g/mol. The number of sulfonamides is 1. The molecule has 3 rings (SSSR count). The van der Waals surface area contributed by atoms with Gasteiger partial charge in [-0.3, -0.25) is 13.9 Å². The fraction of sp³-hybridized carbons (Fsp3) is 0.394. The first kappa shape index (κ1) is 31.9. The maximum absolute atomic E-state index is 14.1. The number of nitrogens with one attached hydrogen (secondary N) is 1. The Kier molecular flexibility index (Phi) is 10.7. The van der Waals surface area contributed by atoms with Crippen molar-refractivity contribution in [1.29, 1.82) is 0 Å². The maximum Gasteiger partial charge on any atom is 0.264 e. The molecule has 0 aliphatic rings. The predicted molar refractivity (Wildman–Crippen MR) is 165 cm³/mol. The van der Waals surface area contributed by atoms with E-state index < -0.39 is 28.5 Å². The van der Waals surface area contributed by atoms with Crippen LogP contribution in [0.15, 0.2) is 77.7 Å². The maximum atomic E-state index is 14.1. The van der Waals surface area contributed by atoms with Crippen LogP contribution >= 0.6 is 0 Å². The summed E-state index contributed by atoms with van der Waals surface area (Å²) in [5.41, 5.74) is 4.26. The molecule has 41 heavy (non-hydrogen) atoms. The molecule has 1 N–H and O–H groups in total. The Labute approximate surface area is 245 Å². The Balaban J connectivity index is 2.04. The van der Waals surface area contributed by atoms with E-state index in [2.05, 4.69) is 19.2 Å². The van der Waals surface area contributed by atoms with Crippen LogP contribution in [0.3, 0.4) is 0 Å². The fourth-order valence-electron chi connectivity index (χ4n) is 4.45. The Bertz CT molecular complexity index is 1430. The number of hydrogen-bond donors (Lipinski definition) is 1. The van der Waals surface area contributed by atoms with E-state index in [1.165, 1.54) is 4.90 Å². The zero-order valence-corrected chi connectivity index (χ0v) is 26.0. The second-order valence-corrected chi connectivity index (χ2v) is 12.9. The molecule has 0 bridgehead atoms. The second kappa shape index (κ2) is 13.8. The number of amides is 2. The third kappa shape index (κ3) is 8.19. The van der Waals surface area contributed by atoms with Crippen LogP contribution < -0.4 is 9.62 Å². The fourth-order valence-corrected chi connectivity index (χ4v) is 5.86. The number of benzene rings is 3. The van der Waals surface area contributed by atoms with E-state index >= 15 is 0 Å². The van der Waals surface area contributed by atoms with Gasteiger partial charge in [0.2, 0.25) is 11.8 Å². The summed E-state index contributed by atoms with van der Waals surface area (Å²) in [5.74, 6) is -0.487. The molecule has 2 amide bonds. The molecule has 0 saturated carbocycles. The number of carbonyl (C=O) groups excluding carboxylic acids is 2. The highest BCUT2D eigenvalue weighted by molar-refractivity contribution is 7.92. The molecule has 0 aliphatic heterocycles. The lowest BCUT2D eigenvalue weighted by Crippen LogP contribution is -2.52. The summed E-state index contributed by atoms with van der Waals surface area (Å²) in [6.45, 7) is 13.3. The molecular formula is C33H43N3O4S. The van der Waals surface area contributed by atoms with Crippen molar-refractivity contribution < 1.29 is 18.0 Å². The highest BCUT2D eigenvalue weighted by Crippen LogP contribution is 2.27. The molecule has 0 unspecified atom stereocenters. The number of carbonyl (C=O) groups is 2. The highest BCUT2D eigenvalue weighted by Gasteiger charge is 2.32. The second-order valence-electron chi connectivity index (χ2n) is 11.1. The standard InChI is InChI=1S/C33H43N3O4S/c1-8-26(6)34-33(38)27(7)35(21-28-11-9-10-25(5)20-28)32(37)22-36(30-16-14-29(15-17-30)23(2)3)41(39,40)31-18-12-24(4)13-19-31/h9-20,23,26-27H,8,21-22H2,1-7H3,(H,34,38)/t26-,27+/m0/s1. The zero-order chi connectivity index (χ0) is 30.3. The molecule has 8 heteroatoms. The SMILES string of the molecule is CC[C@H](C)NC(=O)[C@@H](C)N(Cc1cccc(C)c1)C(=O)CN(c1ccc(C(C)C)cc1)S(=O)(=O)c1ccc(C)cc1. The summed E-state index contributed by atoms with van der Waals surface area (Å²) >= 11 is 0. The lowest BCUT2D eigenvalue weighted by Gasteiger charge is -2.32. The largest absolute Gasteiger partial charge is 0.352 e. The molecule has 7 nitrogen and oxygen atoms in total. The van der Waals surface area contributed by atoms with Gasteiger partial charge in [-0.15, -0.1) is 0 Å². The summed E-state index contributed by atoms with van der Waals surface area (Å²) in [6, 6.07) is 20.7. The average Bonchev–Trinajstić information content (AvgIpc) is 2.94. The predicted octanol–water partition coefficient (Wildman–Crippen LogP) is 5.95. The minimum Gasteiger partial charge on any atom is -0.352 e. The summed E-state index contributed by atoms with van der Waals surface area (Å²) in [7, 11) is -4.10. The van der Waals surface area contributed by atoms with Crippen LogP contribution in [0.4, 0.5) is 5.69 Å². The van der Waals surface area contributed by atoms with E-state index in [1.54, 1.807) is 43.3 Å². The van der Waals surface area contributed by atoms with Gasteiger partial charge < -0.3 is 10.2 Å². The summed E-state index contributed by atoms with van der Waals surface area (Å²) in [6.07, 6.45) is 0.749. The number of anilines is 1. The zero-order valence-electron chi connectivity index (χ0n) is 25.2. The third-order valence-electron chi connectivity index (χ3n) is 7.34. The van der Waals surface area contributed by atoms with Crippen LogP contribution in [0.1, 0.15) is 69.2 Å². The first-order valence-electron chi connectivity index (χ1n) is 14.2. The molecule has 0 aromatic heterocycles. The van der Waals surface area contributed by atoms with Gasteiger partial charge >= 0.3 is 0 Å². The Morgan fingerprint density at radius 2 is 1.49 bits per heavy atom. The molecule has 3 aromatic rings. The van der Waals surface area contributed by atoms with Crippen molar-refractivity contribution in [3.63, 3.8) is 0 Å². The first-order valence-corrected chi connectivity index (χ1v) is 15.6. The van der Waals surface area contributed by atoms with Crippen LogP contribution in [-0.2, 0) is 26.2 Å². The summed E-state index contributed by atoms with van der Waals surface area (Å²) in [4.78, 5) is 28.8. The number of rotatable bonds is 12. The van der Waals surface area contributed by atoms with Crippen LogP contribution in [0.25, 0.3) is 0 Å². The van der Waals surface area contributed by atoms with Crippen molar-refractivity contribution in [3.05, 3.63) is 95.1 Å². The normalized spacial score (nSPS) is 13.0. The molecule has 0 aliphatic carbocycles. The molecule has 220 valence electrons. The van der Waals surface area contributed by atoms with Gasteiger partial charge in [0.15, 0.2) is 0 Å². The highest BCUT2D eigenvalue weighted by atomic mass is 32.2. The van der Waals surface area contributed by atoms with Crippen LogP contribution in [0, 0.1) is 13.8 Å². The third-order valence-corrected chi connectivity index (χ3v) is 9.13. The van der Waals surface area contributed by atoms with Gasteiger partial charge in [0.25, 0.3) is 10.0 Å². The average molecular weight is 578 g/mol. The number of nitrogens with zero attached hydrogens (tertiary/aromatic N) is 2. The van der Waals surface area contributed by atoms with E-state index in [1.807, 2.05) is 64.1 Å². The monoisotopic (exact) mass is 577 g/mol. The van der Waals surface area contributed by atoms with Crippen molar-refractivity contribution in [2.45, 2.75) is 84.3 Å². The van der Waals surface area contributed by atoms with E-state index in [9.17, 15) is 18.0 Å². The van der Waals surface area contributed by atoms with Crippen molar-refractivity contribution in [3.8, 4) is 0 Å². The molecule has 0 heterocycles. The van der Waals surface area contributed by atoms with Crippen LogP contribution in [0.5, 0.6) is 0 Å². The van der Waals surface area contributed by atoms with Gasteiger partial charge in [-0.25, -0.2) is 8.42 Å². The molecule has 2 atom stereocenters. The topological polar surface area (TPSA) is 86.8 Å². The van der Waals surface area contributed by atoms with Gasteiger partial charge in [0, 0.05) is 12.6 Å². The molecule has 0 saturated heterocycles. The Hall–Kier alpha value is -3.65. The van der Waals surface area contributed by atoms with Gasteiger partial charge in [0.1, 0.15) is 12.6 Å². The van der Waals surface area contributed by atoms with Crippen molar-refractivity contribution in [1.82, 2.24) is 10.2 Å². The van der Waals surface area contributed by atoms with Crippen molar-refractivity contribution in [2.24, 2.45) is 0 Å². The van der Waals surface area contributed by atoms with Gasteiger partial charge in [-0.1, -0.05) is 80.4 Å². The first-order chi connectivity index (χ1) is 19.3. The van der Waals surface area contributed by atoms with Crippen molar-refractivity contribution in [2.75, 3.05) is 10.8 Å². The lowest BCUT2D eigenvalue weighted by atomic mass is 10.0. The van der Waals surface area contributed by atoms with Crippen molar-refractivity contribution >= 4 is 27.5 Å². The van der Waals surface area contributed by atoms with Crippen LogP contribution in [0.2, 0.25) is 0 Å². The van der Waals surface area contributed by atoms with Gasteiger partial charge in [-0.05, 0) is 75.4 Å². The van der Waals surface area contributed by atoms with E-state index in [-0.39, 0.29) is 29.3 Å². The summed E-state index contributed by atoms with van der Waals surface area (Å²) < 4.78 is 29.1. The number of hydrogen-bond acceptors (Lipinski definition) is 4. The minimum atomic E-state index is -4.10. The van der Waals surface area contributed by atoms with E-state index in [4.69, 9.17) is 0 Å². The summed E-state index contributed by atoms with van der Waals surface area (Å²) in [5, 5.41) is 2.96. The Morgan fingerprint density at radius 1 is 0.854 bits per heavy atom. The van der Waals surface area contributed by atoms with Gasteiger partial charge in [0.05, 0.1) is 10.6 Å². The molecule has 3 aromatic carbocycles. The van der Waals surface area contributed by atoms with Crippen LogP contribution in [-0.4, -0.2) is 43.8 Å². The number of aryl methyl sites for hydroxylation is 2. The molecule has 0 fully saturated rings. The Morgan fingerprint density at radius 3 is 2.05 bits per heavy atom. The van der Waals surface area contributed by atoms with E-state index in [0.717, 1.165) is 33.0 Å².